The first-order valence-electron chi connectivity index (χ1n) is 6.56. The van der Waals surface area contributed by atoms with Crippen LogP contribution < -0.4 is 5.73 Å². The molecule has 1 aliphatic heterocycles. The Morgan fingerprint density at radius 2 is 2.32 bits per heavy atom. The fourth-order valence-electron chi connectivity index (χ4n) is 2.70. The second-order valence-electron chi connectivity index (χ2n) is 4.96. The van der Waals surface area contributed by atoms with Crippen molar-refractivity contribution in [2.45, 2.75) is 45.1 Å². The smallest absolute Gasteiger partial charge is 0.251 e. The minimum atomic E-state index is -1.16. The monoisotopic (exact) mass is 265 g/mol. The van der Waals surface area contributed by atoms with Crippen molar-refractivity contribution >= 4 is 11.8 Å². The van der Waals surface area contributed by atoms with Gasteiger partial charge in [-0.2, -0.15) is 0 Å². The molecule has 6 nitrogen and oxygen atoms in total. The molecule has 0 spiro atoms. The van der Waals surface area contributed by atoms with Crippen LogP contribution in [0.5, 0.6) is 0 Å². The molecular weight excluding hydrogens is 246 g/mol. The number of nitrogens with zero attached hydrogens (tertiary/aromatic N) is 2. The first-order valence-corrected chi connectivity index (χ1v) is 6.56. The Balaban J connectivity index is 2.43. The molecule has 1 fully saturated rings. The summed E-state index contributed by atoms with van der Waals surface area (Å²) in [6.45, 7) is 4.23. The van der Waals surface area contributed by atoms with Crippen molar-refractivity contribution in [1.29, 1.82) is 0 Å². The maximum absolute atomic E-state index is 12.2. The van der Waals surface area contributed by atoms with E-state index in [9.17, 15) is 9.59 Å². The van der Waals surface area contributed by atoms with Gasteiger partial charge in [0.1, 0.15) is 0 Å². The number of aromatic nitrogens is 1. The molecule has 6 heteroatoms. The third kappa shape index (κ3) is 2.11. The third-order valence-electron chi connectivity index (χ3n) is 3.59. The predicted octanol–water partition coefficient (Wildman–Crippen LogP) is 1.09. The molecule has 1 aromatic rings. The van der Waals surface area contributed by atoms with E-state index < -0.39 is 11.4 Å². The van der Waals surface area contributed by atoms with Crippen molar-refractivity contribution in [3.63, 3.8) is 0 Å². The highest BCUT2D eigenvalue weighted by Gasteiger charge is 2.52. The van der Waals surface area contributed by atoms with Gasteiger partial charge in [0.05, 0.1) is 5.69 Å². The van der Waals surface area contributed by atoms with Gasteiger partial charge in [0.2, 0.25) is 5.91 Å². The Morgan fingerprint density at radius 3 is 2.84 bits per heavy atom. The zero-order chi connectivity index (χ0) is 14.0. The average molecular weight is 265 g/mol. The standard InChI is InChI=1S/C13H19N3O3/c1-3-5-11(17)16-7-4-6-13(16,12(14)18)10-8-9(2)15-19-10/h8H,3-7H2,1-2H3,(H2,14,18). The Kier molecular flexibility index (Phi) is 3.59. The predicted molar refractivity (Wildman–Crippen MR) is 68.0 cm³/mol. The Hall–Kier alpha value is -1.85. The van der Waals surface area contributed by atoms with Gasteiger partial charge in [-0.1, -0.05) is 12.1 Å². The number of amides is 2. The largest absolute Gasteiger partial charge is 0.367 e. The zero-order valence-electron chi connectivity index (χ0n) is 11.3. The van der Waals surface area contributed by atoms with Crippen molar-refractivity contribution < 1.29 is 14.1 Å². The molecule has 1 atom stereocenters. The summed E-state index contributed by atoms with van der Waals surface area (Å²) in [6, 6.07) is 1.68. The summed E-state index contributed by atoms with van der Waals surface area (Å²) < 4.78 is 5.23. The van der Waals surface area contributed by atoms with E-state index in [2.05, 4.69) is 5.16 Å². The molecule has 2 rings (SSSR count). The van der Waals surface area contributed by atoms with Gasteiger partial charge in [-0.05, 0) is 26.2 Å². The highest BCUT2D eigenvalue weighted by Crippen LogP contribution is 2.39. The zero-order valence-corrected chi connectivity index (χ0v) is 11.3. The molecule has 1 unspecified atom stereocenters. The van der Waals surface area contributed by atoms with Gasteiger partial charge in [-0.15, -0.1) is 0 Å². The van der Waals surface area contributed by atoms with E-state index in [1.165, 1.54) is 0 Å². The van der Waals surface area contributed by atoms with Crippen molar-refractivity contribution in [3.8, 4) is 0 Å². The van der Waals surface area contributed by atoms with Gasteiger partial charge in [-0.3, -0.25) is 9.59 Å². The van der Waals surface area contributed by atoms with E-state index in [1.54, 1.807) is 17.9 Å². The van der Waals surface area contributed by atoms with Crippen LogP contribution in [0.25, 0.3) is 0 Å². The highest BCUT2D eigenvalue weighted by molar-refractivity contribution is 5.91. The Bertz CT molecular complexity index is 497. The number of hydrogen-bond acceptors (Lipinski definition) is 4. The fraction of sp³-hybridized carbons (Fsp3) is 0.615. The molecule has 0 radical (unpaired) electrons. The van der Waals surface area contributed by atoms with Crippen LogP contribution in [0, 0.1) is 6.92 Å². The lowest BCUT2D eigenvalue weighted by atomic mass is 9.91. The molecule has 0 saturated carbocycles. The summed E-state index contributed by atoms with van der Waals surface area (Å²) in [5.74, 6) is -0.238. The van der Waals surface area contributed by atoms with Gasteiger partial charge in [0.25, 0.3) is 5.91 Å². The van der Waals surface area contributed by atoms with E-state index in [0.717, 1.165) is 12.8 Å². The maximum Gasteiger partial charge on any atom is 0.251 e. The lowest BCUT2D eigenvalue weighted by Gasteiger charge is -2.33. The average Bonchev–Trinajstić information content (AvgIpc) is 2.95. The minimum Gasteiger partial charge on any atom is -0.367 e. The molecular formula is C13H19N3O3. The molecule has 1 aliphatic rings. The van der Waals surface area contributed by atoms with Crippen LogP contribution in [0.4, 0.5) is 0 Å². The summed E-state index contributed by atoms with van der Waals surface area (Å²) in [5.41, 5.74) is 5.09. The fourth-order valence-corrected chi connectivity index (χ4v) is 2.70. The molecule has 2 N–H and O–H groups in total. The van der Waals surface area contributed by atoms with E-state index in [1.807, 2.05) is 6.92 Å². The van der Waals surface area contributed by atoms with Crippen LogP contribution in [-0.4, -0.2) is 28.4 Å². The van der Waals surface area contributed by atoms with Crippen LogP contribution in [-0.2, 0) is 15.1 Å². The number of rotatable bonds is 4. The van der Waals surface area contributed by atoms with E-state index >= 15 is 0 Å². The summed E-state index contributed by atoms with van der Waals surface area (Å²) in [4.78, 5) is 25.7. The molecule has 2 amide bonds. The first kappa shape index (κ1) is 13.6. The summed E-state index contributed by atoms with van der Waals surface area (Å²) in [7, 11) is 0. The number of likely N-dealkylation sites (tertiary alicyclic amines) is 1. The van der Waals surface area contributed by atoms with Gasteiger partial charge in [-0.25, -0.2) is 0 Å². The number of aryl methyl sites for hydroxylation is 1. The molecule has 2 heterocycles. The van der Waals surface area contributed by atoms with E-state index in [4.69, 9.17) is 10.3 Å². The molecule has 19 heavy (non-hydrogen) atoms. The van der Waals surface area contributed by atoms with Crippen molar-refractivity contribution in [3.05, 3.63) is 17.5 Å². The summed E-state index contributed by atoms with van der Waals surface area (Å²) >= 11 is 0. The van der Waals surface area contributed by atoms with Crippen LogP contribution in [0.3, 0.4) is 0 Å². The van der Waals surface area contributed by atoms with Crippen molar-refractivity contribution in [2.24, 2.45) is 5.73 Å². The Morgan fingerprint density at radius 1 is 1.58 bits per heavy atom. The normalized spacial score (nSPS) is 22.7. The van der Waals surface area contributed by atoms with Crippen LogP contribution in [0.1, 0.15) is 44.1 Å². The second-order valence-corrected chi connectivity index (χ2v) is 4.96. The molecule has 1 saturated heterocycles. The van der Waals surface area contributed by atoms with E-state index in [-0.39, 0.29) is 5.91 Å². The lowest BCUT2D eigenvalue weighted by Crippen LogP contribution is -2.53. The molecule has 104 valence electrons. The number of hydrogen-bond donors (Lipinski definition) is 1. The molecule has 0 aliphatic carbocycles. The third-order valence-corrected chi connectivity index (χ3v) is 3.59. The van der Waals surface area contributed by atoms with Gasteiger partial charge >= 0.3 is 0 Å². The lowest BCUT2D eigenvalue weighted by molar-refractivity contribution is -0.145. The van der Waals surface area contributed by atoms with Gasteiger partial charge in [0.15, 0.2) is 11.3 Å². The second kappa shape index (κ2) is 5.03. The first-order chi connectivity index (χ1) is 9.02. The Labute approximate surface area is 111 Å². The number of primary amides is 1. The molecule has 1 aromatic heterocycles. The van der Waals surface area contributed by atoms with Crippen LogP contribution in [0.15, 0.2) is 10.6 Å². The minimum absolute atomic E-state index is 0.0622. The van der Waals surface area contributed by atoms with Crippen molar-refractivity contribution in [2.75, 3.05) is 6.54 Å². The maximum atomic E-state index is 12.2. The number of nitrogens with two attached hydrogens (primary N) is 1. The highest BCUT2D eigenvalue weighted by atomic mass is 16.5. The van der Waals surface area contributed by atoms with Crippen molar-refractivity contribution in [1.82, 2.24) is 10.1 Å². The quantitative estimate of drug-likeness (QED) is 0.882. The number of carbonyl (C=O) groups excluding carboxylic acids is 2. The van der Waals surface area contributed by atoms with Crippen LogP contribution >= 0.6 is 0 Å². The van der Waals surface area contributed by atoms with Gasteiger partial charge in [0, 0.05) is 19.0 Å². The van der Waals surface area contributed by atoms with Crippen LogP contribution in [0.2, 0.25) is 0 Å². The molecule has 0 bridgehead atoms. The van der Waals surface area contributed by atoms with E-state index in [0.29, 0.717) is 30.8 Å². The summed E-state index contributed by atoms with van der Waals surface area (Å²) in [6.07, 6.45) is 2.37. The summed E-state index contributed by atoms with van der Waals surface area (Å²) in [5, 5.41) is 3.81. The number of carbonyl (C=O) groups is 2. The topological polar surface area (TPSA) is 89.4 Å². The SMILES string of the molecule is CCCC(=O)N1CCCC1(C(N)=O)c1cc(C)no1. The van der Waals surface area contributed by atoms with Gasteiger partial charge < -0.3 is 15.2 Å². The molecule has 0 aromatic carbocycles.